The predicted octanol–water partition coefficient (Wildman–Crippen LogP) is 3.52. The van der Waals surface area contributed by atoms with E-state index in [1.54, 1.807) is 0 Å². The van der Waals surface area contributed by atoms with E-state index >= 15 is 0 Å². The zero-order valence-electron chi connectivity index (χ0n) is 12.8. The minimum absolute atomic E-state index is 0. The molecule has 0 unspecified atom stereocenters. The maximum atomic E-state index is 11.7. The summed E-state index contributed by atoms with van der Waals surface area (Å²) in [6.07, 6.45) is 1.77. The topological polar surface area (TPSA) is 38.8 Å². The molecular formula is C16H23BrClNO3. The third-order valence-electron chi connectivity index (χ3n) is 3.71. The number of likely N-dealkylation sites (tertiary alicyclic amines) is 1. The summed E-state index contributed by atoms with van der Waals surface area (Å²) in [4.78, 5) is 14.0. The number of nitrogens with zero attached hydrogens (tertiary/aromatic N) is 1. The van der Waals surface area contributed by atoms with Gasteiger partial charge in [-0.25, -0.2) is 0 Å². The van der Waals surface area contributed by atoms with Crippen molar-refractivity contribution in [1.29, 1.82) is 0 Å². The highest BCUT2D eigenvalue weighted by Crippen LogP contribution is 2.24. The van der Waals surface area contributed by atoms with Crippen LogP contribution in [-0.2, 0) is 9.53 Å². The summed E-state index contributed by atoms with van der Waals surface area (Å²) in [5.41, 5.74) is 0. The largest absolute Gasteiger partial charge is 0.491 e. The van der Waals surface area contributed by atoms with Gasteiger partial charge in [0.25, 0.3) is 0 Å². The van der Waals surface area contributed by atoms with E-state index in [0.29, 0.717) is 13.2 Å². The van der Waals surface area contributed by atoms with Gasteiger partial charge < -0.3 is 9.47 Å². The van der Waals surface area contributed by atoms with Crippen molar-refractivity contribution in [3.63, 3.8) is 0 Å². The minimum Gasteiger partial charge on any atom is -0.491 e. The Morgan fingerprint density at radius 1 is 1.32 bits per heavy atom. The first-order chi connectivity index (χ1) is 10.2. The third-order valence-corrected chi connectivity index (χ3v) is 4.36. The van der Waals surface area contributed by atoms with E-state index in [2.05, 4.69) is 20.8 Å². The molecule has 1 fully saturated rings. The van der Waals surface area contributed by atoms with Crippen LogP contribution in [0.15, 0.2) is 28.7 Å². The monoisotopic (exact) mass is 391 g/mol. The number of piperidine rings is 1. The Morgan fingerprint density at radius 2 is 2.00 bits per heavy atom. The van der Waals surface area contributed by atoms with Gasteiger partial charge in [0.15, 0.2) is 0 Å². The molecule has 1 aliphatic rings. The van der Waals surface area contributed by atoms with Gasteiger partial charge in [-0.15, -0.1) is 12.4 Å². The van der Waals surface area contributed by atoms with Gasteiger partial charge in [-0.2, -0.15) is 0 Å². The number of ether oxygens (including phenoxy) is 2. The van der Waals surface area contributed by atoms with Crippen LogP contribution in [0.3, 0.4) is 0 Å². The number of esters is 1. The zero-order valence-corrected chi connectivity index (χ0v) is 15.2. The molecule has 0 aliphatic carbocycles. The van der Waals surface area contributed by atoms with E-state index < -0.39 is 0 Å². The molecule has 1 saturated heterocycles. The van der Waals surface area contributed by atoms with Crippen LogP contribution in [0.4, 0.5) is 0 Å². The summed E-state index contributed by atoms with van der Waals surface area (Å²) in [5.74, 6) is 0.908. The van der Waals surface area contributed by atoms with E-state index in [1.165, 1.54) is 0 Å². The molecule has 1 aromatic rings. The Hall–Kier alpha value is -0.780. The molecule has 2 rings (SSSR count). The number of hydrogen-bond donors (Lipinski definition) is 0. The molecule has 0 bridgehead atoms. The van der Waals surface area contributed by atoms with E-state index in [0.717, 1.165) is 42.7 Å². The summed E-state index contributed by atoms with van der Waals surface area (Å²) in [6, 6.07) is 7.86. The Bertz CT molecular complexity index is 464. The molecule has 0 spiro atoms. The van der Waals surface area contributed by atoms with Crippen molar-refractivity contribution in [3.8, 4) is 5.75 Å². The Balaban J connectivity index is 0.00000242. The van der Waals surface area contributed by atoms with Crippen LogP contribution in [0.1, 0.15) is 19.8 Å². The number of carbonyl (C=O) groups is 1. The van der Waals surface area contributed by atoms with Gasteiger partial charge in [0.2, 0.25) is 0 Å². The fourth-order valence-corrected chi connectivity index (χ4v) is 2.90. The molecule has 0 amide bonds. The van der Waals surface area contributed by atoms with Crippen LogP contribution in [-0.4, -0.2) is 43.7 Å². The summed E-state index contributed by atoms with van der Waals surface area (Å²) in [7, 11) is 0. The molecule has 0 N–H and O–H groups in total. The van der Waals surface area contributed by atoms with Crippen molar-refractivity contribution in [3.05, 3.63) is 28.7 Å². The smallest absolute Gasteiger partial charge is 0.309 e. The first-order valence-corrected chi connectivity index (χ1v) is 8.26. The number of benzene rings is 1. The summed E-state index contributed by atoms with van der Waals surface area (Å²) in [6.45, 7) is 5.74. The second-order valence-electron chi connectivity index (χ2n) is 5.15. The zero-order chi connectivity index (χ0) is 15.1. The fourth-order valence-electron chi connectivity index (χ4n) is 2.50. The molecule has 6 heteroatoms. The molecule has 1 aromatic carbocycles. The molecule has 124 valence electrons. The van der Waals surface area contributed by atoms with Crippen molar-refractivity contribution < 1.29 is 14.3 Å². The number of rotatable bonds is 6. The quantitative estimate of drug-likeness (QED) is 0.694. The van der Waals surface area contributed by atoms with E-state index in [-0.39, 0.29) is 24.3 Å². The highest BCUT2D eigenvalue weighted by Gasteiger charge is 2.25. The first kappa shape index (κ1) is 19.3. The lowest BCUT2D eigenvalue weighted by Gasteiger charge is -2.30. The van der Waals surface area contributed by atoms with Gasteiger partial charge in [-0.05, 0) is 60.9 Å². The molecular weight excluding hydrogens is 370 g/mol. The second-order valence-corrected chi connectivity index (χ2v) is 6.00. The lowest BCUT2D eigenvalue weighted by Crippen LogP contribution is -2.39. The van der Waals surface area contributed by atoms with Crippen molar-refractivity contribution in [2.75, 3.05) is 32.8 Å². The van der Waals surface area contributed by atoms with Crippen LogP contribution < -0.4 is 4.74 Å². The average molecular weight is 393 g/mol. The molecule has 1 heterocycles. The molecule has 0 aromatic heterocycles. The number of halogens is 2. The van der Waals surface area contributed by atoms with E-state index in [1.807, 2.05) is 31.2 Å². The summed E-state index contributed by atoms with van der Waals surface area (Å²) < 4.78 is 11.8. The second kappa shape index (κ2) is 10.1. The van der Waals surface area contributed by atoms with Gasteiger partial charge in [0.1, 0.15) is 12.4 Å². The van der Waals surface area contributed by atoms with E-state index in [4.69, 9.17) is 9.47 Å². The normalized spacial score (nSPS) is 15.9. The predicted molar refractivity (Wildman–Crippen MR) is 92.7 cm³/mol. The SMILES string of the molecule is CCOC(=O)C1CCN(CCOc2ccccc2Br)CC1.Cl. The molecule has 0 atom stereocenters. The summed E-state index contributed by atoms with van der Waals surface area (Å²) >= 11 is 3.47. The van der Waals surface area contributed by atoms with Crippen LogP contribution in [0.5, 0.6) is 5.75 Å². The van der Waals surface area contributed by atoms with Crippen LogP contribution >= 0.6 is 28.3 Å². The van der Waals surface area contributed by atoms with Crippen molar-refractivity contribution in [2.24, 2.45) is 5.92 Å². The van der Waals surface area contributed by atoms with Crippen molar-refractivity contribution in [2.45, 2.75) is 19.8 Å². The summed E-state index contributed by atoms with van der Waals surface area (Å²) in [5, 5.41) is 0. The lowest BCUT2D eigenvalue weighted by molar-refractivity contribution is -0.149. The third kappa shape index (κ3) is 5.78. The number of hydrogen-bond acceptors (Lipinski definition) is 4. The van der Waals surface area contributed by atoms with Gasteiger partial charge in [-0.1, -0.05) is 12.1 Å². The van der Waals surface area contributed by atoms with Gasteiger partial charge in [0, 0.05) is 6.54 Å². The Morgan fingerprint density at radius 3 is 2.64 bits per heavy atom. The number of carbonyl (C=O) groups excluding carboxylic acids is 1. The molecule has 0 radical (unpaired) electrons. The van der Waals surface area contributed by atoms with Crippen LogP contribution in [0.2, 0.25) is 0 Å². The maximum absolute atomic E-state index is 11.7. The number of para-hydroxylation sites is 1. The molecule has 0 saturated carbocycles. The first-order valence-electron chi connectivity index (χ1n) is 7.47. The van der Waals surface area contributed by atoms with Gasteiger partial charge in [-0.3, -0.25) is 9.69 Å². The van der Waals surface area contributed by atoms with Crippen molar-refractivity contribution in [1.82, 2.24) is 4.90 Å². The molecule has 4 nitrogen and oxygen atoms in total. The van der Waals surface area contributed by atoms with Gasteiger partial charge in [0.05, 0.1) is 17.0 Å². The molecule has 22 heavy (non-hydrogen) atoms. The Labute approximate surface area is 146 Å². The van der Waals surface area contributed by atoms with Gasteiger partial charge >= 0.3 is 5.97 Å². The van der Waals surface area contributed by atoms with E-state index in [9.17, 15) is 4.79 Å². The van der Waals surface area contributed by atoms with Crippen LogP contribution in [0.25, 0.3) is 0 Å². The van der Waals surface area contributed by atoms with Crippen molar-refractivity contribution >= 4 is 34.3 Å². The lowest BCUT2D eigenvalue weighted by atomic mass is 9.97. The fraction of sp³-hybridized carbons (Fsp3) is 0.562. The highest BCUT2D eigenvalue weighted by atomic mass is 79.9. The average Bonchev–Trinajstić information content (AvgIpc) is 2.50. The molecule has 1 aliphatic heterocycles. The maximum Gasteiger partial charge on any atom is 0.309 e. The highest BCUT2D eigenvalue weighted by molar-refractivity contribution is 9.10. The van der Waals surface area contributed by atoms with Crippen LogP contribution in [0, 0.1) is 5.92 Å². The standard InChI is InChI=1S/C16H22BrNO3.ClH/c1-2-20-16(19)13-7-9-18(10-8-13)11-12-21-15-6-4-3-5-14(15)17;/h3-6,13H,2,7-12H2,1H3;1H. The minimum atomic E-state index is -0.0402. The Kier molecular flexibility index (Phi) is 8.83.